The van der Waals surface area contributed by atoms with E-state index in [9.17, 15) is 0 Å². The normalized spacial score (nSPS) is 21.7. The molecule has 1 aliphatic rings. The quantitative estimate of drug-likeness (QED) is 0.930. The van der Waals surface area contributed by atoms with Crippen molar-refractivity contribution in [1.29, 1.82) is 0 Å². The molecule has 0 fully saturated rings. The predicted octanol–water partition coefficient (Wildman–Crippen LogP) is 3.49. The summed E-state index contributed by atoms with van der Waals surface area (Å²) in [6, 6.07) is 8.99. The van der Waals surface area contributed by atoms with Crippen molar-refractivity contribution in [1.82, 2.24) is 10.3 Å². The molecular weight excluding hydrogens is 264 g/mol. The van der Waals surface area contributed by atoms with E-state index in [1.807, 2.05) is 11.3 Å². The van der Waals surface area contributed by atoms with Crippen LogP contribution >= 0.6 is 11.3 Å². The van der Waals surface area contributed by atoms with E-state index in [0.717, 1.165) is 13.0 Å². The summed E-state index contributed by atoms with van der Waals surface area (Å²) in [6.45, 7) is 3.13. The van der Waals surface area contributed by atoms with E-state index < -0.39 is 0 Å². The first-order valence-corrected chi connectivity index (χ1v) is 8.19. The van der Waals surface area contributed by atoms with E-state index in [2.05, 4.69) is 54.7 Å². The SMILES string of the molecule is CNCC1(Cc2cnc(C)s2)CCCc2ccccc21. The molecule has 2 aromatic rings. The van der Waals surface area contributed by atoms with Gasteiger partial charge in [-0.2, -0.15) is 0 Å². The molecule has 20 heavy (non-hydrogen) atoms. The summed E-state index contributed by atoms with van der Waals surface area (Å²) in [5.74, 6) is 0. The van der Waals surface area contributed by atoms with Crippen molar-refractivity contribution < 1.29 is 0 Å². The van der Waals surface area contributed by atoms with Gasteiger partial charge in [0, 0.05) is 23.0 Å². The Morgan fingerprint density at radius 3 is 2.95 bits per heavy atom. The third-order valence-corrected chi connectivity index (χ3v) is 5.30. The third-order valence-electron chi connectivity index (χ3n) is 4.39. The lowest BCUT2D eigenvalue weighted by Crippen LogP contribution is -2.41. The van der Waals surface area contributed by atoms with Crippen molar-refractivity contribution in [3.8, 4) is 0 Å². The summed E-state index contributed by atoms with van der Waals surface area (Å²) in [6.07, 6.45) is 6.95. The number of fused-ring (bicyclic) bond motifs is 1. The molecule has 1 atom stereocenters. The number of rotatable bonds is 4. The summed E-state index contributed by atoms with van der Waals surface area (Å²) in [5, 5.41) is 4.60. The van der Waals surface area contributed by atoms with Crippen LogP contribution in [-0.2, 0) is 18.3 Å². The van der Waals surface area contributed by atoms with Crippen molar-refractivity contribution in [2.75, 3.05) is 13.6 Å². The van der Waals surface area contributed by atoms with Gasteiger partial charge in [0.25, 0.3) is 0 Å². The van der Waals surface area contributed by atoms with E-state index in [1.165, 1.54) is 34.7 Å². The topological polar surface area (TPSA) is 24.9 Å². The minimum atomic E-state index is 0.239. The molecule has 0 aliphatic heterocycles. The molecule has 0 amide bonds. The Hall–Kier alpha value is -1.19. The average molecular weight is 286 g/mol. The van der Waals surface area contributed by atoms with Crippen molar-refractivity contribution in [3.63, 3.8) is 0 Å². The molecule has 3 rings (SSSR count). The molecule has 2 nitrogen and oxygen atoms in total. The summed E-state index contributed by atoms with van der Waals surface area (Å²) in [7, 11) is 2.07. The molecule has 106 valence electrons. The van der Waals surface area contributed by atoms with Crippen LogP contribution in [0.3, 0.4) is 0 Å². The summed E-state index contributed by atoms with van der Waals surface area (Å²) >= 11 is 1.84. The van der Waals surface area contributed by atoms with Crippen LogP contribution in [0.15, 0.2) is 30.5 Å². The van der Waals surface area contributed by atoms with Gasteiger partial charge in [-0.05, 0) is 50.8 Å². The highest BCUT2D eigenvalue weighted by molar-refractivity contribution is 7.11. The van der Waals surface area contributed by atoms with Gasteiger partial charge >= 0.3 is 0 Å². The molecular formula is C17H22N2S. The van der Waals surface area contributed by atoms with Crippen LogP contribution in [0.5, 0.6) is 0 Å². The van der Waals surface area contributed by atoms with Crippen molar-refractivity contribution in [2.45, 2.75) is 38.0 Å². The zero-order chi connectivity index (χ0) is 14.0. The highest BCUT2D eigenvalue weighted by atomic mass is 32.1. The Morgan fingerprint density at radius 2 is 2.20 bits per heavy atom. The zero-order valence-electron chi connectivity index (χ0n) is 12.3. The molecule has 1 aliphatic carbocycles. The highest BCUT2D eigenvalue weighted by Crippen LogP contribution is 2.40. The van der Waals surface area contributed by atoms with E-state index in [1.54, 1.807) is 5.56 Å². The number of hydrogen-bond acceptors (Lipinski definition) is 3. The van der Waals surface area contributed by atoms with Crippen molar-refractivity contribution in [2.24, 2.45) is 0 Å². The minimum Gasteiger partial charge on any atom is -0.319 e. The fraction of sp³-hybridized carbons (Fsp3) is 0.471. The van der Waals surface area contributed by atoms with Crippen LogP contribution in [0.4, 0.5) is 0 Å². The minimum absolute atomic E-state index is 0.239. The van der Waals surface area contributed by atoms with E-state index in [0.29, 0.717) is 0 Å². The standard InChI is InChI=1S/C17H22N2S/c1-13-19-11-15(20-13)10-17(12-18-2)9-5-7-14-6-3-4-8-16(14)17/h3-4,6,8,11,18H,5,7,9-10,12H2,1-2H3. The number of nitrogens with zero attached hydrogens (tertiary/aromatic N) is 1. The molecule has 3 heteroatoms. The van der Waals surface area contributed by atoms with Crippen molar-refractivity contribution >= 4 is 11.3 Å². The first-order valence-electron chi connectivity index (χ1n) is 7.38. The Kier molecular flexibility index (Phi) is 3.90. The van der Waals surface area contributed by atoms with Gasteiger partial charge in [-0.15, -0.1) is 11.3 Å². The van der Waals surface area contributed by atoms with Crippen LogP contribution in [-0.4, -0.2) is 18.6 Å². The highest BCUT2D eigenvalue weighted by Gasteiger charge is 2.36. The van der Waals surface area contributed by atoms with Crippen LogP contribution in [0.2, 0.25) is 0 Å². The summed E-state index contributed by atoms with van der Waals surface area (Å²) in [4.78, 5) is 5.84. The molecule has 0 bridgehead atoms. The van der Waals surface area contributed by atoms with Gasteiger partial charge < -0.3 is 5.32 Å². The van der Waals surface area contributed by atoms with Gasteiger partial charge in [0.2, 0.25) is 0 Å². The van der Waals surface area contributed by atoms with Gasteiger partial charge in [-0.3, -0.25) is 0 Å². The molecule has 0 radical (unpaired) electrons. The van der Waals surface area contributed by atoms with Gasteiger partial charge in [0.05, 0.1) is 5.01 Å². The van der Waals surface area contributed by atoms with Crippen LogP contribution < -0.4 is 5.32 Å². The van der Waals surface area contributed by atoms with Crippen molar-refractivity contribution in [3.05, 3.63) is 51.5 Å². The van der Waals surface area contributed by atoms with Crippen LogP contribution in [0.25, 0.3) is 0 Å². The average Bonchev–Trinajstić information content (AvgIpc) is 2.85. The molecule has 0 saturated carbocycles. The fourth-order valence-corrected chi connectivity index (χ4v) is 4.53. The Labute approximate surface area is 125 Å². The zero-order valence-corrected chi connectivity index (χ0v) is 13.1. The lowest BCUT2D eigenvalue weighted by Gasteiger charge is -2.39. The number of aromatic nitrogens is 1. The maximum absolute atomic E-state index is 4.43. The maximum Gasteiger partial charge on any atom is 0.0896 e. The number of benzene rings is 1. The molecule has 0 saturated heterocycles. The molecule has 1 aromatic heterocycles. The summed E-state index contributed by atoms with van der Waals surface area (Å²) in [5.41, 5.74) is 3.32. The van der Waals surface area contributed by atoms with E-state index >= 15 is 0 Å². The first kappa shape index (κ1) is 13.8. The monoisotopic (exact) mass is 286 g/mol. The second kappa shape index (κ2) is 5.66. The molecule has 1 aromatic carbocycles. The van der Waals surface area contributed by atoms with Gasteiger partial charge in [-0.25, -0.2) is 4.98 Å². The van der Waals surface area contributed by atoms with Crippen LogP contribution in [0.1, 0.15) is 33.9 Å². The lowest BCUT2D eigenvalue weighted by atomic mass is 9.67. The first-order chi connectivity index (χ1) is 9.73. The maximum atomic E-state index is 4.43. The second-order valence-electron chi connectivity index (χ2n) is 5.84. The number of likely N-dealkylation sites (N-methyl/N-ethyl adjacent to an activating group) is 1. The Bertz CT molecular complexity index is 590. The fourth-order valence-electron chi connectivity index (χ4n) is 3.60. The largest absolute Gasteiger partial charge is 0.319 e. The number of nitrogens with one attached hydrogen (secondary N) is 1. The molecule has 1 heterocycles. The molecule has 1 N–H and O–H groups in total. The van der Waals surface area contributed by atoms with E-state index in [4.69, 9.17) is 0 Å². The Morgan fingerprint density at radius 1 is 1.35 bits per heavy atom. The van der Waals surface area contributed by atoms with E-state index in [-0.39, 0.29) is 5.41 Å². The molecule has 1 unspecified atom stereocenters. The number of thiazole rings is 1. The Balaban J connectivity index is 2.00. The third kappa shape index (κ3) is 2.52. The van der Waals surface area contributed by atoms with Gasteiger partial charge in [0.1, 0.15) is 0 Å². The van der Waals surface area contributed by atoms with Gasteiger partial charge in [-0.1, -0.05) is 24.3 Å². The summed E-state index contributed by atoms with van der Waals surface area (Å²) < 4.78 is 0. The van der Waals surface area contributed by atoms with Gasteiger partial charge in [0.15, 0.2) is 0 Å². The smallest absolute Gasteiger partial charge is 0.0896 e. The predicted molar refractivity (Wildman–Crippen MR) is 85.5 cm³/mol. The number of aryl methyl sites for hydroxylation is 2. The lowest BCUT2D eigenvalue weighted by molar-refractivity contribution is 0.347. The second-order valence-corrected chi connectivity index (χ2v) is 7.16. The number of hydrogen-bond donors (Lipinski definition) is 1. The van der Waals surface area contributed by atoms with Crippen LogP contribution in [0, 0.1) is 6.92 Å². The molecule has 0 spiro atoms.